The molecule has 0 spiro atoms. The zero-order chi connectivity index (χ0) is 13.6. The van der Waals surface area contributed by atoms with Crippen molar-refractivity contribution in [3.63, 3.8) is 0 Å². The molecular weight excluding hydrogens is 254 g/mol. The van der Waals surface area contributed by atoms with E-state index in [0.29, 0.717) is 6.42 Å². The van der Waals surface area contributed by atoms with E-state index in [1.807, 2.05) is 0 Å². The van der Waals surface area contributed by atoms with E-state index in [-0.39, 0.29) is 18.6 Å². The molecule has 3 rings (SSSR count). The highest BCUT2D eigenvalue weighted by Gasteiger charge is 2.43. The van der Waals surface area contributed by atoms with Gasteiger partial charge in [0.15, 0.2) is 0 Å². The Bertz CT molecular complexity index is 453. The fourth-order valence-corrected chi connectivity index (χ4v) is 2.39. The van der Waals surface area contributed by atoms with Gasteiger partial charge in [-0.15, -0.1) is 0 Å². The summed E-state index contributed by atoms with van der Waals surface area (Å²) in [5.74, 6) is 0.0391. The molecule has 3 aliphatic heterocycles. The molecule has 0 aliphatic carbocycles. The van der Waals surface area contributed by atoms with Gasteiger partial charge in [0.25, 0.3) is 0 Å². The molecule has 3 heterocycles. The maximum Gasteiger partial charge on any atom is 0.331 e. The number of urea groups is 1. The number of fused-ring (bicyclic) bond motifs is 1. The fraction of sp³-hybridized carbons (Fsp3) is 0.600. The SMILES string of the molecule is NC1=NC2N(C=CN2[C@H]2C[C@H](O)[C@@H](CO)O2)C(=O)N1. The zero-order valence-electron chi connectivity index (χ0n) is 10.0. The molecule has 4 atom stereocenters. The second-order valence-corrected chi connectivity index (χ2v) is 4.56. The number of rotatable bonds is 2. The van der Waals surface area contributed by atoms with E-state index < -0.39 is 24.7 Å². The molecule has 1 saturated heterocycles. The first-order chi connectivity index (χ1) is 9.10. The zero-order valence-corrected chi connectivity index (χ0v) is 10.0. The van der Waals surface area contributed by atoms with Crippen molar-refractivity contribution in [1.29, 1.82) is 0 Å². The van der Waals surface area contributed by atoms with Gasteiger partial charge in [-0.25, -0.2) is 9.79 Å². The predicted molar refractivity (Wildman–Crippen MR) is 63.1 cm³/mol. The lowest BCUT2D eigenvalue weighted by atomic mass is 10.2. The number of amides is 2. The topological polar surface area (TPSA) is 124 Å². The van der Waals surface area contributed by atoms with Crippen LogP contribution in [0.1, 0.15) is 6.42 Å². The van der Waals surface area contributed by atoms with Crippen LogP contribution >= 0.6 is 0 Å². The molecular formula is C10H15N5O4. The molecule has 19 heavy (non-hydrogen) atoms. The number of aliphatic hydroxyl groups is 2. The molecule has 0 radical (unpaired) electrons. The first kappa shape index (κ1) is 12.2. The lowest BCUT2D eigenvalue weighted by Gasteiger charge is -2.34. The molecule has 3 aliphatic rings. The van der Waals surface area contributed by atoms with Gasteiger partial charge in [-0.1, -0.05) is 0 Å². The van der Waals surface area contributed by atoms with Gasteiger partial charge in [0, 0.05) is 18.8 Å². The number of ether oxygens (including phenoxy) is 1. The highest BCUT2D eigenvalue weighted by molar-refractivity contribution is 5.97. The maximum atomic E-state index is 11.7. The van der Waals surface area contributed by atoms with Gasteiger partial charge in [-0.05, 0) is 0 Å². The van der Waals surface area contributed by atoms with Crippen molar-refractivity contribution in [1.82, 2.24) is 15.1 Å². The van der Waals surface area contributed by atoms with Crippen molar-refractivity contribution in [2.45, 2.75) is 31.1 Å². The molecule has 0 aromatic heterocycles. The van der Waals surface area contributed by atoms with Crippen molar-refractivity contribution >= 4 is 12.0 Å². The average molecular weight is 269 g/mol. The first-order valence-electron chi connectivity index (χ1n) is 5.93. The van der Waals surface area contributed by atoms with Crippen LogP contribution in [0.4, 0.5) is 4.79 Å². The second kappa shape index (κ2) is 4.37. The highest BCUT2D eigenvalue weighted by Crippen LogP contribution is 2.30. The van der Waals surface area contributed by atoms with Crippen molar-refractivity contribution < 1.29 is 19.7 Å². The van der Waals surface area contributed by atoms with Crippen LogP contribution in [0.2, 0.25) is 0 Å². The third-order valence-corrected chi connectivity index (χ3v) is 3.36. The third kappa shape index (κ3) is 1.91. The average Bonchev–Trinajstić information content (AvgIpc) is 2.92. The van der Waals surface area contributed by atoms with Crippen LogP contribution in [0.15, 0.2) is 17.4 Å². The van der Waals surface area contributed by atoms with Gasteiger partial charge in [-0.2, -0.15) is 0 Å². The third-order valence-electron chi connectivity index (χ3n) is 3.36. The molecule has 2 amide bonds. The van der Waals surface area contributed by atoms with Crippen molar-refractivity contribution in [3.8, 4) is 0 Å². The summed E-state index contributed by atoms with van der Waals surface area (Å²) in [4.78, 5) is 18.9. The number of nitrogens with one attached hydrogen (secondary N) is 1. The minimum Gasteiger partial charge on any atom is -0.394 e. The molecule has 0 aromatic rings. The molecule has 1 unspecified atom stereocenters. The number of hydrogen-bond acceptors (Lipinski definition) is 7. The van der Waals surface area contributed by atoms with Gasteiger partial charge < -0.3 is 25.6 Å². The Balaban J connectivity index is 1.78. The molecule has 0 saturated carbocycles. The van der Waals surface area contributed by atoms with Crippen LogP contribution in [0.25, 0.3) is 0 Å². The number of aliphatic hydroxyl groups excluding tert-OH is 2. The molecule has 104 valence electrons. The number of aliphatic imine (C=N–C) groups is 1. The molecule has 0 bridgehead atoms. The summed E-state index contributed by atoms with van der Waals surface area (Å²) in [5.41, 5.74) is 5.53. The Hall–Kier alpha value is -1.84. The van der Waals surface area contributed by atoms with Gasteiger partial charge in [0.1, 0.15) is 12.3 Å². The Labute approximate surface area is 108 Å². The number of nitrogens with zero attached hydrogens (tertiary/aromatic N) is 3. The van der Waals surface area contributed by atoms with E-state index in [1.54, 1.807) is 17.3 Å². The summed E-state index contributed by atoms with van der Waals surface area (Å²) in [5, 5.41) is 21.2. The van der Waals surface area contributed by atoms with E-state index in [2.05, 4.69) is 10.3 Å². The first-order valence-corrected chi connectivity index (χ1v) is 5.93. The minimum absolute atomic E-state index is 0.0391. The van der Waals surface area contributed by atoms with E-state index in [4.69, 9.17) is 15.6 Å². The summed E-state index contributed by atoms with van der Waals surface area (Å²) in [6, 6.07) is -0.367. The number of hydrogen-bond donors (Lipinski definition) is 4. The smallest absolute Gasteiger partial charge is 0.331 e. The molecule has 0 aromatic carbocycles. The predicted octanol–water partition coefficient (Wildman–Crippen LogP) is -2.14. The van der Waals surface area contributed by atoms with Crippen molar-refractivity contribution in [2.24, 2.45) is 10.7 Å². The molecule has 5 N–H and O–H groups in total. The van der Waals surface area contributed by atoms with Crippen LogP contribution < -0.4 is 11.1 Å². The van der Waals surface area contributed by atoms with Gasteiger partial charge >= 0.3 is 6.03 Å². The lowest BCUT2D eigenvalue weighted by Crippen LogP contribution is -2.56. The monoisotopic (exact) mass is 269 g/mol. The van der Waals surface area contributed by atoms with E-state index >= 15 is 0 Å². The standard InChI is InChI=1S/C10H15N5O4/c11-8-12-9-14(1-2-15(9)10(18)13-8)7-3-5(17)6(4-16)19-7/h1-2,5-7,9,16-17H,3-4H2,(H3,11,12,13,18)/t5-,6+,7+,9?/m0/s1. The summed E-state index contributed by atoms with van der Waals surface area (Å²) in [7, 11) is 0. The number of carbonyl (C=O) groups excluding carboxylic acids is 1. The van der Waals surface area contributed by atoms with Crippen molar-refractivity contribution in [3.05, 3.63) is 12.4 Å². The van der Waals surface area contributed by atoms with Gasteiger partial charge in [-0.3, -0.25) is 10.2 Å². The van der Waals surface area contributed by atoms with Crippen LogP contribution in [-0.4, -0.2) is 63.3 Å². The molecule has 9 nitrogen and oxygen atoms in total. The van der Waals surface area contributed by atoms with Gasteiger partial charge in [0.2, 0.25) is 12.2 Å². The highest BCUT2D eigenvalue weighted by atomic mass is 16.5. The normalized spacial score (nSPS) is 37.4. The summed E-state index contributed by atoms with van der Waals surface area (Å²) < 4.78 is 5.53. The Kier molecular flexibility index (Phi) is 2.81. The van der Waals surface area contributed by atoms with Crippen LogP contribution in [-0.2, 0) is 4.74 Å². The Morgan fingerprint density at radius 3 is 3.05 bits per heavy atom. The van der Waals surface area contributed by atoms with E-state index in [9.17, 15) is 9.90 Å². The fourth-order valence-electron chi connectivity index (χ4n) is 2.39. The summed E-state index contributed by atoms with van der Waals surface area (Å²) in [6.45, 7) is -0.254. The number of nitrogens with two attached hydrogens (primary N) is 1. The molecule has 1 fully saturated rings. The van der Waals surface area contributed by atoms with E-state index in [0.717, 1.165) is 0 Å². The van der Waals surface area contributed by atoms with Crippen LogP contribution in [0.5, 0.6) is 0 Å². The quantitative estimate of drug-likeness (QED) is 0.454. The maximum absolute atomic E-state index is 11.7. The van der Waals surface area contributed by atoms with Crippen molar-refractivity contribution in [2.75, 3.05) is 6.61 Å². The Morgan fingerprint density at radius 2 is 2.37 bits per heavy atom. The lowest BCUT2D eigenvalue weighted by molar-refractivity contribution is -0.0796. The number of guanidine groups is 1. The van der Waals surface area contributed by atoms with Crippen LogP contribution in [0, 0.1) is 0 Å². The number of carbonyl (C=O) groups is 1. The molecule has 9 heteroatoms. The minimum atomic E-state index is -0.740. The van der Waals surface area contributed by atoms with Gasteiger partial charge in [0.05, 0.1) is 12.7 Å². The Morgan fingerprint density at radius 1 is 1.58 bits per heavy atom. The van der Waals surface area contributed by atoms with Crippen LogP contribution in [0.3, 0.4) is 0 Å². The summed E-state index contributed by atoms with van der Waals surface area (Å²) >= 11 is 0. The largest absolute Gasteiger partial charge is 0.394 e. The second-order valence-electron chi connectivity index (χ2n) is 4.56. The van der Waals surface area contributed by atoms with E-state index in [1.165, 1.54) is 4.90 Å². The summed E-state index contributed by atoms with van der Waals surface area (Å²) in [6.07, 6.45) is 1.13.